The summed E-state index contributed by atoms with van der Waals surface area (Å²) in [5.74, 6) is -0.105. The van der Waals surface area contributed by atoms with E-state index in [1.165, 1.54) is 0 Å². The predicted molar refractivity (Wildman–Crippen MR) is 152 cm³/mol. The smallest absolute Gasteiger partial charge is 0.410 e. The first kappa shape index (κ1) is 30.8. The molecule has 1 amide bonds. The SMILES string of the molecule is CC(C)(C)OC(=O)N1CCC(COC(=O)C(O)(c2ccccc2)c2cccc(OCCCCC3OCCO3)c2)CC1. The Morgan fingerprint density at radius 3 is 2.32 bits per heavy atom. The predicted octanol–water partition coefficient (Wildman–Crippen LogP) is 5.03. The van der Waals surface area contributed by atoms with Gasteiger partial charge >= 0.3 is 12.1 Å². The Morgan fingerprint density at radius 2 is 1.63 bits per heavy atom. The molecular weight excluding hydrogens is 526 g/mol. The molecule has 2 heterocycles. The number of hydrogen-bond acceptors (Lipinski definition) is 8. The van der Waals surface area contributed by atoms with Crippen molar-refractivity contribution in [3.8, 4) is 5.75 Å². The summed E-state index contributed by atoms with van der Waals surface area (Å²) < 4.78 is 28.1. The van der Waals surface area contributed by atoms with Crippen LogP contribution in [0.15, 0.2) is 54.6 Å². The molecule has 41 heavy (non-hydrogen) atoms. The van der Waals surface area contributed by atoms with Gasteiger partial charge in [-0.1, -0.05) is 42.5 Å². The Morgan fingerprint density at radius 1 is 0.951 bits per heavy atom. The van der Waals surface area contributed by atoms with Crippen LogP contribution in [0.2, 0.25) is 0 Å². The third kappa shape index (κ3) is 8.67. The number of carbonyl (C=O) groups excluding carboxylic acids is 2. The molecular formula is C32H43NO8. The van der Waals surface area contributed by atoms with Gasteiger partial charge in [-0.25, -0.2) is 9.59 Å². The lowest BCUT2D eigenvalue weighted by molar-refractivity contribution is -0.164. The summed E-state index contributed by atoms with van der Waals surface area (Å²) in [7, 11) is 0. The number of nitrogens with zero attached hydrogens (tertiary/aromatic N) is 1. The molecule has 2 saturated heterocycles. The summed E-state index contributed by atoms with van der Waals surface area (Å²) >= 11 is 0. The molecule has 0 radical (unpaired) electrons. The van der Waals surface area contributed by atoms with Crippen molar-refractivity contribution in [1.82, 2.24) is 4.90 Å². The van der Waals surface area contributed by atoms with E-state index in [2.05, 4.69) is 0 Å². The largest absolute Gasteiger partial charge is 0.494 e. The minimum absolute atomic E-state index is 0.0763. The lowest BCUT2D eigenvalue weighted by atomic mass is 9.86. The second kappa shape index (κ2) is 14.2. The highest BCUT2D eigenvalue weighted by Gasteiger charge is 2.42. The van der Waals surface area contributed by atoms with Gasteiger partial charge in [0.2, 0.25) is 5.60 Å². The molecule has 9 nitrogen and oxygen atoms in total. The molecule has 4 rings (SSSR count). The Kier molecular flexibility index (Phi) is 10.6. The quantitative estimate of drug-likeness (QED) is 0.297. The highest BCUT2D eigenvalue weighted by molar-refractivity contribution is 5.85. The average molecular weight is 570 g/mol. The van der Waals surface area contributed by atoms with Crippen LogP contribution in [0, 0.1) is 5.92 Å². The Balaban J connectivity index is 1.35. The molecule has 0 saturated carbocycles. The highest BCUT2D eigenvalue weighted by Crippen LogP contribution is 2.34. The van der Waals surface area contributed by atoms with Crippen molar-refractivity contribution in [1.29, 1.82) is 0 Å². The van der Waals surface area contributed by atoms with E-state index in [-0.39, 0.29) is 24.9 Å². The van der Waals surface area contributed by atoms with Crippen molar-refractivity contribution >= 4 is 12.1 Å². The molecule has 1 atom stereocenters. The van der Waals surface area contributed by atoms with Gasteiger partial charge in [-0.3, -0.25) is 0 Å². The standard InChI is InChI=1S/C32H43NO8/c1-31(2,3)41-30(35)33-17-15-24(16-18-33)23-40-29(34)32(36,25-10-5-4-6-11-25)26-12-9-13-27(22-26)37-19-8-7-14-28-38-20-21-39-28/h4-6,9-13,22,24,28,36H,7-8,14-21,23H2,1-3H3. The van der Waals surface area contributed by atoms with E-state index in [9.17, 15) is 14.7 Å². The fourth-order valence-corrected chi connectivity index (χ4v) is 4.98. The molecule has 2 fully saturated rings. The number of esters is 1. The van der Waals surface area contributed by atoms with Crippen LogP contribution in [0.25, 0.3) is 0 Å². The number of amides is 1. The zero-order chi connectivity index (χ0) is 29.3. The first-order chi connectivity index (χ1) is 19.6. The average Bonchev–Trinajstić information content (AvgIpc) is 3.49. The van der Waals surface area contributed by atoms with Crippen molar-refractivity contribution in [3.05, 3.63) is 65.7 Å². The summed E-state index contributed by atoms with van der Waals surface area (Å²) in [6.45, 7) is 8.53. The molecule has 2 aromatic rings. The number of unbranched alkanes of at least 4 members (excludes halogenated alkanes) is 1. The Labute approximate surface area is 242 Å². The number of benzene rings is 2. The maximum Gasteiger partial charge on any atom is 0.410 e. The summed E-state index contributed by atoms with van der Waals surface area (Å²) in [6, 6.07) is 15.8. The molecule has 2 aliphatic heterocycles. The van der Waals surface area contributed by atoms with Crippen LogP contribution in [-0.2, 0) is 29.3 Å². The van der Waals surface area contributed by atoms with Crippen molar-refractivity contribution in [3.63, 3.8) is 0 Å². The van der Waals surface area contributed by atoms with Gasteiger partial charge in [-0.2, -0.15) is 0 Å². The molecule has 2 aromatic carbocycles. The second-order valence-corrected chi connectivity index (χ2v) is 11.6. The number of hydrogen-bond donors (Lipinski definition) is 1. The van der Waals surface area contributed by atoms with Crippen LogP contribution >= 0.6 is 0 Å². The molecule has 0 bridgehead atoms. The first-order valence-electron chi connectivity index (χ1n) is 14.5. The number of carbonyl (C=O) groups is 2. The van der Waals surface area contributed by atoms with Crippen molar-refractivity contribution < 1.29 is 38.4 Å². The summed E-state index contributed by atoms with van der Waals surface area (Å²) in [6.07, 6.45) is 3.46. The third-order valence-electron chi connectivity index (χ3n) is 7.25. The van der Waals surface area contributed by atoms with Crippen LogP contribution in [0.1, 0.15) is 64.0 Å². The van der Waals surface area contributed by atoms with Crippen LogP contribution in [0.3, 0.4) is 0 Å². The second-order valence-electron chi connectivity index (χ2n) is 11.6. The van der Waals surface area contributed by atoms with Crippen LogP contribution < -0.4 is 4.74 Å². The van der Waals surface area contributed by atoms with Crippen LogP contribution in [0.4, 0.5) is 4.79 Å². The number of ether oxygens (including phenoxy) is 5. The fourth-order valence-electron chi connectivity index (χ4n) is 4.98. The highest BCUT2D eigenvalue weighted by atomic mass is 16.7. The van der Waals surface area contributed by atoms with Gasteiger partial charge in [0.15, 0.2) is 6.29 Å². The van der Waals surface area contributed by atoms with E-state index in [0.717, 1.165) is 19.3 Å². The summed E-state index contributed by atoms with van der Waals surface area (Å²) in [5, 5.41) is 11.9. The summed E-state index contributed by atoms with van der Waals surface area (Å²) in [5.41, 5.74) is -1.76. The zero-order valence-electron chi connectivity index (χ0n) is 24.4. The number of piperidine rings is 1. The van der Waals surface area contributed by atoms with E-state index >= 15 is 0 Å². The number of likely N-dealkylation sites (tertiary alicyclic amines) is 1. The molecule has 0 spiro atoms. The first-order valence-corrected chi connectivity index (χ1v) is 14.5. The zero-order valence-corrected chi connectivity index (χ0v) is 24.4. The van der Waals surface area contributed by atoms with Crippen molar-refractivity contribution in [2.75, 3.05) is 39.5 Å². The molecule has 2 aliphatic rings. The lowest BCUT2D eigenvalue weighted by Gasteiger charge is -2.34. The van der Waals surface area contributed by atoms with Gasteiger partial charge in [0.25, 0.3) is 0 Å². The van der Waals surface area contributed by atoms with E-state index in [4.69, 9.17) is 23.7 Å². The third-order valence-corrected chi connectivity index (χ3v) is 7.25. The van der Waals surface area contributed by atoms with E-state index in [0.29, 0.717) is 62.6 Å². The van der Waals surface area contributed by atoms with Crippen LogP contribution in [-0.4, -0.2) is 73.5 Å². The van der Waals surface area contributed by atoms with Gasteiger partial charge in [-0.05, 0) is 76.5 Å². The monoisotopic (exact) mass is 569 g/mol. The minimum atomic E-state index is -2.00. The molecule has 224 valence electrons. The number of aliphatic hydroxyl groups is 1. The van der Waals surface area contributed by atoms with Gasteiger partial charge in [0.1, 0.15) is 11.4 Å². The van der Waals surface area contributed by atoms with E-state index < -0.39 is 17.2 Å². The maximum atomic E-state index is 13.6. The Bertz CT molecular complexity index is 1120. The van der Waals surface area contributed by atoms with E-state index in [1.807, 2.05) is 32.9 Å². The van der Waals surface area contributed by atoms with Gasteiger partial charge in [-0.15, -0.1) is 0 Å². The lowest BCUT2D eigenvalue weighted by Crippen LogP contribution is -2.43. The minimum Gasteiger partial charge on any atom is -0.494 e. The Hall–Kier alpha value is -3.14. The maximum absolute atomic E-state index is 13.6. The van der Waals surface area contributed by atoms with Crippen LogP contribution in [0.5, 0.6) is 5.75 Å². The normalized spacial score (nSPS) is 18.1. The topological polar surface area (TPSA) is 104 Å². The van der Waals surface area contributed by atoms with Gasteiger partial charge < -0.3 is 33.7 Å². The van der Waals surface area contributed by atoms with Gasteiger partial charge in [0.05, 0.1) is 26.4 Å². The summed E-state index contributed by atoms with van der Waals surface area (Å²) in [4.78, 5) is 27.6. The molecule has 1 unspecified atom stereocenters. The molecule has 9 heteroatoms. The molecule has 0 aromatic heterocycles. The van der Waals surface area contributed by atoms with E-state index in [1.54, 1.807) is 47.4 Å². The van der Waals surface area contributed by atoms with Gasteiger partial charge in [0, 0.05) is 18.7 Å². The number of rotatable bonds is 11. The molecule has 0 aliphatic carbocycles. The van der Waals surface area contributed by atoms with Crippen molar-refractivity contribution in [2.45, 2.75) is 70.4 Å². The molecule has 1 N–H and O–H groups in total. The fraction of sp³-hybridized carbons (Fsp3) is 0.562. The van der Waals surface area contributed by atoms with Crippen molar-refractivity contribution in [2.24, 2.45) is 5.92 Å².